The number of pyridine rings is 1. The second kappa shape index (κ2) is 3.58. The van der Waals surface area contributed by atoms with Crippen molar-refractivity contribution in [2.45, 2.75) is 24.8 Å². The number of aromatic nitrogens is 1. The van der Waals surface area contributed by atoms with Gasteiger partial charge < -0.3 is 21.9 Å². The third-order valence-electron chi connectivity index (χ3n) is 2.96. The third-order valence-corrected chi connectivity index (χ3v) is 2.96. The second-order valence-electron chi connectivity index (χ2n) is 4.09. The van der Waals surface area contributed by atoms with Crippen LogP contribution in [0.25, 0.3) is 0 Å². The number of anilines is 3. The van der Waals surface area contributed by atoms with E-state index in [2.05, 4.69) is 10.3 Å². The minimum Gasteiger partial charge on any atom is -0.396 e. The molecular formula is C10H16N4O. The smallest absolute Gasteiger partial charge is 0.149 e. The van der Waals surface area contributed by atoms with Gasteiger partial charge in [0.1, 0.15) is 11.6 Å². The summed E-state index contributed by atoms with van der Waals surface area (Å²) in [5.41, 5.74) is 11.4. The topological polar surface area (TPSA) is 97.2 Å². The van der Waals surface area contributed by atoms with Crippen molar-refractivity contribution in [1.82, 2.24) is 4.98 Å². The first-order chi connectivity index (χ1) is 7.15. The monoisotopic (exact) mass is 208 g/mol. The Labute approximate surface area is 88.5 Å². The van der Waals surface area contributed by atoms with Crippen LogP contribution in [0.4, 0.5) is 17.3 Å². The highest BCUT2D eigenvalue weighted by molar-refractivity contribution is 5.62. The molecule has 1 aromatic rings. The number of nitrogens with two attached hydrogens (primary N) is 2. The highest BCUT2D eigenvalue weighted by Gasteiger charge is 2.36. The largest absolute Gasteiger partial charge is 0.396 e. The number of aliphatic hydroxyl groups is 1. The molecule has 1 saturated carbocycles. The number of nitrogen functional groups attached to an aromatic ring is 2. The van der Waals surface area contributed by atoms with Gasteiger partial charge in [-0.3, -0.25) is 0 Å². The summed E-state index contributed by atoms with van der Waals surface area (Å²) in [4.78, 5) is 4.12. The normalized spacial score (nSPS) is 18.2. The zero-order chi connectivity index (χ0) is 10.9. The molecule has 0 saturated heterocycles. The Balaban J connectivity index is 2.13. The van der Waals surface area contributed by atoms with E-state index in [9.17, 15) is 5.11 Å². The van der Waals surface area contributed by atoms with Crippen LogP contribution in [0.5, 0.6) is 0 Å². The van der Waals surface area contributed by atoms with Crippen molar-refractivity contribution < 1.29 is 5.11 Å². The molecule has 0 spiro atoms. The van der Waals surface area contributed by atoms with Gasteiger partial charge in [-0.15, -0.1) is 0 Å². The van der Waals surface area contributed by atoms with Crippen LogP contribution < -0.4 is 16.8 Å². The van der Waals surface area contributed by atoms with Crippen molar-refractivity contribution in [3.8, 4) is 0 Å². The molecule has 0 radical (unpaired) electrons. The van der Waals surface area contributed by atoms with E-state index in [0.717, 1.165) is 19.3 Å². The standard InChI is InChI=1S/C10H16N4O/c11-7-2-3-8(13-9(7)12)14-10(6-15)4-1-5-10/h2-3,15H,1,4-6,11H2,(H3,12,13,14). The molecule has 15 heavy (non-hydrogen) atoms. The highest BCUT2D eigenvalue weighted by atomic mass is 16.3. The van der Waals surface area contributed by atoms with E-state index in [1.54, 1.807) is 12.1 Å². The molecular weight excluding hydrogens is 192 g/mol. The van der Waals surface area contributed by atoms with Crippen molar-refractivity contribution in [3.05, 3.63) is 12.1 Å². The molecule has 0 aromatic carbocycles. The SMILES string of the molecule is Nc1ccc(NC2(CO)CCC2)nc1N. The molecule has 5 heteroatoms. The predicted molar refractivity (Wildman–Crippen MR) is 60.4 cm³/mol. The van der Waals surface area contributed by atoms with Crippen LogP contribution in [0, 0.1) is 0 Å². The molecule has 0 aliphatic heterocycles. The lowest BCUT2D eigenvalue weighted by Crippen LogP contribution is -2.48. The first-order valence-corrected chi connectivity index (χ1v) is 5.06. The van der Waals surface area contributed by atoms with Crippen molar-refractivity contribution in [1.29, 1.82) is 0 Å². The maximum absolute atomic E-state index is 9.28. The van der Waals surface area contributed by atoms with Gasteiger partial charge >= 0.3 is 0 Å². The van der Waals surface area contributed by atoms with E-state index in [-0.39, 0.29) is 12.1 Å². The van der Waals surface area contributed by atoms with Crippen LogP contribution in [0.3, 0.4) is 0 Å². The van der Waals surface area contributed by atoms with Gasteiger partial charge in [-0.2, -0.15) is 0 Å². The highest BCUT2D eigenvalue weighted by Crippen LogP contribution is 2.34. The molecule has 1 aliphatic carbocycles. The first kappa shape index (κ1) is 10.0. The van der Waals surface area contributed by atoms with Gasteiger partial charge in [0.05, 0.1) is 17.8 Å². The average molecular weight is 208 g/mol. The molecule has 5 nitrogen and oxygen atoms in total. The number of nitrogens with one attached hydrogen (secondary N) is 1. The zero-order valence-electron chi connectivity index (χ0n) is 8.53. The summed E-state index contributed by atoms with van der Waals surface area (Å²) in [6, 6.07) is 3.50. The molecule has 1 aromatic heterocycles. The Bertz CT molecular complexity index is 357. The lowest BCUT2D eigenvalue weighted by molar-refractivity contribution is 0.144. The van der Waals surface area contributed by atoms with Gasteiger partial charge in [0, 0.05) is 0 Å². The van der Waals surface area contributed by atoms with Crippen LogP contribution >= 0.6 is 0 Å². The number of nitrogens with zero attached hydrogens (tertiary/aromatic N) is 1. The molecule has 6 N–H and O–H groups in total. The van der Waals surface area contributed by atoms with Crippen LogP contribution in [0.1, 0.15) is 19.3 Å². The van der Waals surface area contributed by atoms with Crippen molar-refractivity contribution >= 4 is 17.3 Å². The number of rotatable bonds is 3. The van der Waals surface area contributed by atoms with Gasteiger partial charge in [0.25, 0.3) is 0 Å². The first-order valence-electron chi connectivity index (χ1n) is 5.06. The summed E-state index contributed by atoms with van der Waals surface area (Å²) in [5.74, 6) is 1.00. The van der Waals surface area contributed by atoms with E-state index in [1.165, 1.54) is 0 Å². The van der Waals surface area contributed by atoms with Gasteiger partial charge in [0.2, 0.25) is 0 Å². The summed E-state index contributed by atoms with van der Waals surface area (Å²) >= 11 is 0. The average Bonchev–Trinajstić information content (AvgIpc) is 2.17. The zero-order valence-corrected chi connectivity index (χ0v) is 8.53. The Hall–Kier alpha value is -1.49. The summed E-state index contributed by atoms with van der Waals surface area (Å²) in [5, 5.41) is 12.5. The molecule has 2 rings (SSSR count). The summed E-state index contributed by atoms with van der Waals surface area (Å²) in [6.07, 6.45) is 3.07. The van der Waals surface area contributed by atoms with E-state index in [1.807, 2.05) is 0 Å². The van der Waals surface area contributed by atoms with Gasteiger partial charge in [-0.25, -0.2) is 4.98 Å². The number of aliphatic hydroxyl groups excluding tert-OH is 1. The van der Waals surface area contributed by atoms with Gasteiger partial charge in [-0.05, 0) is 31.4 Å². The van der Waals surface area contributed by atoms with Crippen LogP contribution in [0.2, 0.25) is 0 Å². The maximum Gasteiger partial charge on any atom is 0.149 e. The van der Waals surface area contributed by atoms with E-state index >= 15 is 0 Å². The van der Waals surface area contributed by atoms with E-state index < -0.39 is 0 Å². The third kappa shape index (κ3) is 1.83. The Morgan fingerprint density at radius 3 is 2.60 bits per heavy atom. The van der Waals surface area contributed by atoms with Gasteiger partial charge in [-0.1, -0.05) is 0 Å². The summed E-state index contributed by atoms with van der Waals surface area (Å²) in [6.45, 7) is 0.124. The summed E-state index contributed by atoms with van der Waals surface area (Å²) < 4.78 is 0. The molecule has 0 amide bonds. The molecule has 0 atom stereocenters. The van der Waals surface area contributed by atoms with Crippen molar-refractivity contribution in [2.75, 3.05) is 23.4 Å². The van der Waals surface area contributed by atoms with Crippen molar-refractivity contribution in [2.24, 2.45) is 0 Å². The minimum absolute atomic E-state index is 0.124. The predicted octanol–water partition coefficient (Wildman–Crippen LogP) is 0.573. The fourth-order valence-electron chi connectivity index (χ4n) is 1.75. The molecule has 1 fully saturated rings. The number of hydrogen-bond acceptors (Lipinski definition) is 5. The van der Waals surface area contributed by atoms with Crippen LogP contribution in [-0.2, 0) is 0 Å². The maximum atomic E-state index is 9.28. The van der Waals surface area contributed by atoms with Crippen molar-refractivity contribution in [3.63, 3.8) is 0 Å². The molecule has 1 heterocycles. The van der Waals surface area contributed by atoms with Crippen LogP contribution in [-0.4, -0.2) is 22.2 Å². The lowest BCUT2D eigenvalue weighted by atomic mass is 9.77. The number of hydrogen-bond donors (Lipinski definition) is 4. The Morgan fingerprint density at radius 1 is 1.40 bits per heavy atom. The molecule has 0 unspecified atom stereocenters. The van der Waals surface area contributed by atoms with E-state index in [4.69, 9.17) is 11.5 Å². The minimum atomic E-state index is -0.199. The summed E-state index contributed by atoms with van der Waals surface area (Å²) in [7, 11) is 0. The van der Waals surface area contributed by atoms with E-state index in [0.29, 0.717) is 17.3 Å². The second-order valence-corrected chi connectivity index (χ2v) is 4.09. The molecule has 0 bridgehead atoms. The Kier molecular flexibility index (Phi) is 2.40. The molecule has 82 valence electrons. The van der Waals surface area contributed by atoms with Gasteiger partial charge in [0.15, 0.2) is 0 Å². The fourth-order valence-corrected chi connectivity index (χ4v) is 1.75. The quantitative estimate of drug-likeness (QED) is 0.582. The fraction of sp³-hybridized carbons (Fsp3) is 0.500. The lowest BCUT2D eigenvalue weighted by Gasteiger charge is -2.41. The van der Waals surface area contributed by atoms with Crippen LogP contribution in [0.15, 0.2) is 12.1 Å². The Morgan fingerprint density at radius 2 is 2.13 bits per heavy atom. The molecule has 1 aliphatic rings.